The third-order valence-electron chi connectivity index (χ3n) is 3.57. The van der Waals surface area contributed by atoms with E-state index < -0.39 is 0 Å². The lowest BCUT2D eigenvalue weighted by molar-refractivity contribution is 0.542. The molecule has 1 aliphatic rings. The number of thioether (sulfide) groups is 2. The fourth-order valence-electron chi connectivity index (χ4n) is 2.30. The molecule has 0 atom stereocenters. The Kier molecular flexibility index (Phi) is 6.62. The summed E-state index contributed by atoms with van der Waals surface area (Å²) in [5.41, 5.74) is 0.671. The van der Waals surface area contributed by atoms with E-state index in [0.717, 1.165) is 17.4 Å². The summed E-state index contributed by atoms with van der Waals surface area (Å²) >= 11 is 3.71. The second-order valence-corrected chi connectivity index (χ2v) is 7.82. The minimum atomic E-state index is -0.328. The van der Waals surface area contributed by atoms with E-state index in [1.165, 1.54) is 25.7 Å². The molecule has 0 amide bonds. The molecule has 1 saturated heterocycles. The predicted molar refractivity (Wildman–Crippen MR) is 86.7 cm³/mol. The largest absolute Gasteiger partial charge is 0.241 e. The zero-order chi connectivity index (χ0) is 14.4. The lowest BCUT2D eigenvalue weighted by atomic mass is 10.1. The number of rotatable bonds is 6. The number of hydrogen-bond donors (Lipinski definition) is 0. The van der Waals surface area contributed by atoms with Gasteiger partial charge >= 0.3 is 0 Å². The zero-order valence-electron chi connectivity index (χ0n) is 12.3. The quantitative estimate of drug-likeness (QED) is 0.553. The molecule has 0 radical (unpaired) electrons. The maximum Gasteiger partial charge on any atom is 0.221 e. The standard InChI is InChI=1S/C15H23FN2S2/c1-3-5-6-7-11-9-19-15(20-10-11)12-8-17-13(4-2)18-14(12)16/h8,11,15H,3-7,9-10H2,1-2H3. The van der Waals surface area contributed by atoms with Gasteiger partial charge in [0.1, 0.15) is 5.82 Å². The molecule has 20 heavy (non-hydrogen) atoms. The van der Waals surface area contributed by atoms with E-state index in [2.05, 4.69) is 16.9 Å². The van der Waals surface area contributed by atoms with Gasteiger partial charge in [0.05, 0.1) is 4.58 Å². The normalized spacial score (nSPS) is 22.9. The summed E-state index contributed by atoms with van der Waals surface area (Å²) in [6.07, 6.45) is 7.62. The van der Waals surface area contributed by atoms with Gasteiger partial charge in [-0.05, 0) is 23.8 Å². The fourth-order valence-corrected chi connectivity index (χ4v) is 5.45. The average molecular weight is 314 g/mol. The summed E-state index contributed by atoms with van der Waals surface area (Å²) in [5, 5.41) is 0. The maximum atomic E-state index is 14.0. The number of nitrogens with zero attached hydrogens (tertiary/aromatic N) is 2. The van der Waals surface area contributed by atoms with Gasteiger partial charge in [0.25, 0.3) is 0 Å². The lowest BCUT2D eigenvalue weighted by Gasteiger charge is -2.27. The zero-order valence-corrected chi connectivity index (χ0v) is 13.9. The Morgan fingerprint density at radius 3 is 2.60 bits per heavy atom. The van der Waals surface area contributed by atoms with Crippen LogP contribution in [0.3, 0.4) is 0 Å². The summed E-state index contributed by atoms with van der Waals surface area (Å²) in [6.45, 7) is 4.18. The Morgan fingerprint density at radius 1 is 1.25 bits per heavy atom. The molecule has 0 spiro atoms. The van der Waals surface area contributed by atoms with E-state index in [-0.39, 0.29) is 10.5 Å². The molecule has 112 valence electrons. The van der Waals surface area contributed by atoms with Gasteiger partial charge < -0.3 is 0 Å². The Bertz CT molecular complexity index is 420. The highest BCUT2D eigenvalue weighted by Crippen LogP contribution is 2.46. The van der Waals surface area contributed by atoms with Gasteiger partial charge in [-0.3, -0.25) is 0 Å². The lowest BCUT2D eigenvalue weighted by Crippen LogP contribution is -2.15. The summed E-state index contributed by atoms with van der Waals surface area (Å²) in [5.74, 6) is 3.32. The topological polar surface area (TPSA) is 25.8 Å². The van der Waals surface area contributed by atoms with Crippen LogP contribution in [0.2, 0.25) is 0 Å². The van der Waals surface area contributed by atoms with Gasteiger partial charge in [0.15, 0.2) is 0 Å². The molecule has 0 bridgehead atoms. The fraction of sp³-hybridized carbons (Fsp3) is 0.733. The molecule has 1 aromatic heterocycles. The summed E-state index contributed by atoms with van der Waals surface area (Å²) in [6, 6.07) is 0. The van der Waals surface area contributed by atoms with Crippen molar-refractivity contribution in [1.29, 1.82) is 0 Å². The monoisotopic (exact) mass is 314 g/mol. The molecule has 0 aromatic carbocycles. The Labute approximate surface area is 129 Å². The third-order valence-corrected chi connectivity index (χ3v) is 6.83. The Morgan fingerprint density at radius 2 is 2.00 bits per heavy atom. The van der Waals surface area contributed by atoms with E-state index in [1.807, 2.05) is 30.4 Å². The molecule has 1 aromatic rings. The summed E-state index contributed by atoms with van der Waals surface area (Å²) in [4.78, 5) is 8.18. The molecule has 2 nitrogen and oxygen atoms in total. The molecule has 0 N–H and O–H groups in total. The van der Waals surface area contributed by atoms with E-state index >= 15 is 0 Å². The first-order chi connectivity index (χ1) is 9.74. The van der Waals surface area contributed by atoms with Crippen molar-refractivity contribution in [3.8, 4) is 0 Å². The van der Waals surface area contributed by atoms with Crippen molar-refractivity contribution >= 4 is 23.5 Å². The minimum absolute atomic E-state index is 0.170. The predicted octanol–water partition coefficient (Wildman–Crippen LogP) is 4.85. The van der Waals surface area contributed by atoms with Crippen molar-refractivity contribution in [1.82, 2.24) is 9.97 Å². The van der Waals surface area contributed by atoms with Crippen molar-refractivity contribution < 1.29 is 4.39 Å². The van der Waals surface area contributed by atoms with Crippen LogP contribution >= 0.6 is 23.5 Å². The smallest absolute Gasteiger partial charge is 0.221 e. The Hall–Kier alpha value is -0.290. The number of halogens is 1. The molecule has 5 heteroatoms. The molecular weight excluding hydrogens is 291 g/mol. The van der Waals surface area contributed by atoms with Gasteiger partial charge in [-0.2, -0.15) is 4.39 Å². The summed E-state index contributed by atoms with van der Waals surface area (Å²) < 4.78 is 14.2. The van der Waals surface area contributed by atoms with E-state index in [9.17, 15) is 4.39 Å². The maximum absolute atomic E-state index is 14.0. The second-order valence-electron chi connectivity index (χ2n) is 5.25. The molecule has 1 fully saturated rings. The first-order valence-corrected chi connectivity index (χ1v) is 9.58. The molecule has 0 unspecified atom stereocenters. The van der Waals surface area contributed by atoms with Crippen molar-refractivity contribution in [3.05, 3.63) is 23.5 Å². The first-order valence-electron chi connectivity index (χ1n) is 7.49. The highest BCUT2D eigenvalue weighted by atomic mass is 32.2. The van der Waals surface area contributed by atoms with Crippen LogP contribution in [0, 0.1) is 11.9 Å². The van der Waals surface area contributed by atoms with Crippen LogP contribution in [0.15, 0.2) is 6.20 Å². The molecule has 1 aliphatic heterocycles. The second kappa shape index (κ2) is 8.23. The first kappa shape index (κ1) is 16.1. The van der Waals surface area contributed by atoms with E-state index in [1.54, 1.807) is 6.20 Å². The number of hydrogen-bond acceptors (Lipinski definition) is 4. The van der Waals surface area contributed by atoms with E-state index in [4.69, 9.17) is 0 Å². The van der Waals surface area contributed by atoms with Gasteiger partial charge in [-0.15, -0.1) is 23.5 Å². The van der Waals surface area contributed by atoms with Crippen LogP contribution in [0.25, 0.3) is 0 Å². The average Bonchev–Trinajstić information content (AvgIpc) is 2.48. The van der Waals surface area contributed by atoms with Crippen molar-refractivity contribution in [2.75, 3.05) is 11.5 Å². The van der Waals surface area contributed by atoms with Gasteiger partial charge in [-0.1, -0.05) is 33.1 Å². The van der Waals surface area contributed by atoms with Crippen molar-refractivity contribution in [2.24, 2.45) is 5.92 Å². The van der Waals surface area contributed by atoms with Gasteiger partial charge in [-0.25, -0.2) is 9.97 Å². The molecule has 0 aliphatic carbocycles. The number of unbranched alkanes of at least 4 members (excludes halogenated alkanes) is 2. The van der Waals surface area contributed by atoms with Crippen LogP contribution in [0.5, 0.6) is 0 Å². The number of aromatic nitrogens is 2. The molecule has 0 saturated carbocycles. The van der Waals surface area contributed by atoms with Crippen molar-refractivity contribution in [3.63, 3.8) is 0 Å². The molecular formula is C15H23FN2S2. The van der Waals surface area contributed by atoms with Gasteiger partial charge in [0.2, 0.25) is 5.95 Å². The van der Waals surface area contributed by atoms with E-state index in [0.29, 0.717) is 17.8 Å². The van der Waals surface area contributed by atoms with Crippen molar-refractivity contribution in [2.45, 2.75) is 50.5 Å². The minimum Gasteiger partial charge on any atom is -0.241 e. The number of aryl methyl sites for hydroxylation is 1. The third kappa shape index (κ3) is 4.35. The van der Waals surface area contributed by atoms with Gasteiger partial charge in [0, 0.05) is 18.2 Å². The molecule has 2 rings (SSSR count). The van der Waals surface area contributed by atoms with Crippen LogP contribution in [-0.4, -0.2) is 21.5 Å². The van der Waals surface area contributed by atoms with Crippen LogP contribution in [0.4, 0.5) is 4.39 Å². The molecule has 2 heterocycles. The SMILES string of the molecule is CCCCCC1CSC(c2cnc(CC)nc2F)SC1. The van der Waals surface area contributed by atoms with Crippen LogP contribution < -0.4 is 0 Å². The highest BCUT2D eigenvalue weighted by molar-refractivity contribution is 8.16. The van der Waals surface area contributed by atoms with Crippen LogP contribution in [0.1, 0.15) is 55.5 Å². The Balaban J connectivity index is 1.87. The summed E-state index contributed by atoms with van der Waals surface area (Å²) in [7, 11) is 0. The highest BCUT2D eigenvalue weighted by Gasteiger charge is 2.26. The van der Waals surface area contributed by atoms with Crippen LogP contribution in [-0.2, 0) is 6.42 Å².